The standard InChI is InChI=1S/C22H20ClNO3S2/c1-4-27-18(25)10-17-19(24-11-13(2)9-14(3)12-24)22(28)29-21(17)20(26)15-5-7-16(23)8-6-15/h5-9,11-12H,4,10H2,1-3H3. The van der Waals surface area contributed by atoms with E-state index in [4.69, 9.17) is 29.0 Å². The fourth-order valence-electron chi connectivity index (χ4n) is 3.17. The summed E-state index contributed by atoms with van der Waals surface area (Å²) in [5.41, 5.74) is 3.87. The highest BCUT2D eigenvalue weighted by Crippen LogP contribution is 2.32. The predicted molar refractivity (Wildman–Crippen MR) is 116 cm³/mol. The fourth-order valence-corrected chi connectivity index (χ4v) is 4.79. The molecule has 0 unspecified atom stereocenters. The second kappa shape index (κ2) is 9.03. The highest BCUT2D eigenvalue weighted by molar-refractivity contribution is 7.63. The van der Waals surface area contributed by atoms with Crippen LogP contribution >= 0.6 is 22.9 Å². The normalized spacial score (nSPS) is 10.8. The van der Waals surface area contributed by atoms with Gasteiger partial charge >= 0.3 is 5.97 Å². The van der Waals surface area contributed by atoms with Gasteiger partial charge in [-0.05, 0) is 60.2 Å². The van der Waals surface area contributed by atoms with Gasteiger partial charge in [0.25, 0.3) is 0 Å². The maximum Gasteiger partial charge on any atom is 0.310 e. The molecule has 150 valence electrons. The summed E-state index contributed by atoms with van der Waals surface area (Å²) >= 11 is 12.8. The van der Waals surface area contributed by atoms with Gasteiger partial charge in [-0.2, -0.15) is 4.57 Å². The van der Waals surface area contributed by atoms with E-state index in [-0.39, 0.29) is 18.8 Å². The third-order valence-electron chi connectivity index (χ3n) is 4.29. The number of carbonyl (C=O) groups is 2. The van der Waals surface area contributed by atoms with Gasteiger partial charge in [-0.25, -0.2) is 0 Å². The Morgan fingerprint density at radius 1 is 1.14 bits per heavy atom. The molecule has 1 aromatic carbocycles. The number of nitrogens with zero attached hydrogens (tertiary/aromatic N) is 1. The highest BCUT2D eigenvalue weighted by atomic mass is 35.5. The Kier molecular flexibility index (Phi) is 6.67. The lowest BCUT2D eigenvalue weighted by atomic mass is 10.0. The van der Waals surface area contributed by atoms with E-state index in [1.807, 2.05) is 30.8 Å². The third kappa shape index (κ3) is 4.83. The number of aryl methyl sites for hydroxylation is 2. The van der Waals surface area contributed by atoms with Crippen molar-refractivity contribution in [2.75, 3.05) is 6.61 Å². The number of aromatic nitrogens is 1. The molecule has 0 aliphatic rings. The molecule has 7 heteroatoms. The van der Waals surface area contributed by atoms with E-state index in [0.717, 1.165) is 11.1 Å². The molecule has 0 amide bonds. The van der Waals surface area contributed by atoms with Crippen molar-refractivity contribution in [3.63, 3.8) is 0 Å². The summed E-state index contributed by atoms with van der Waals surface area (Å²) in [4.78, 5) is 26.0. The van der Waals surface area contributed by atoms with Gasteiger partial charge in [-0.15, -0.1) is 0 Å². The van der Waals surface area contributed by atoms with Crippen LogP contribution in [0.1, 0.15) is 38.8 Å². The molecule has 29 heavy (non-hydrogen) atoms. The Balaban J connectivity index is 2.16. The quantitative estimate of drug-likeness (QED) is 0.242. The summed E-state index contributed by atoms with van der Waals surface area (Å²) in [6.07, 6.45) is 3.86. The van der Waals surface area contributed by atoms with E-state index in [9.17, 15) is 9.59 Å². The Morgan fingerprint density at radius 2 is 1.76 bits per heavy atom. The number of ketones is 1. The molecule has 4 nitrogen and oxygen atoms in total. The van der Waals surface area contributed by atoms with E-state index >= 15 is 0 Å². The third-order valence-corrected chi connectivity index (χ3v) is 6.00. The lowest BCUT2D eigenvalue weighted by Gasteiger charge is -2.08. The first-order valence-corrected chi connectivity index (χ1v) is 10.7. The van der Waals surface area contributed by atoms with Gasteiger partial charge in [0.2, 0.25) is 5.69 Å². The summed E-state index contributed by atoms with van der Waals surface area (Å²) in [5.74, 6) is -0.579. The molecule has 0 aliphatic heterocycles. The summed E-state index contributed by atoms with van der Waals surface area (Å²) in [7, 11) is 0. The molecular formula is C22H20ClNO3S2. The molecule has 2 aromatic heterocycles. The molecule has 0 saturated heterocycles. The maximum absolute atomic E-state index is 13.2. The minimum atomic E-state index is -0.392. The van der Waals surface area contributed by atoms with Crippen LogP contribution in [-0.4, -0.2) is 18.4 Å². The van der Waals surface area contributed by atoms with Crippen LogP contribution < -0.4 is 4.57 Å². The maximum atomic E-state index is 13.2. The Bertz CT molecular complexity index is 1050. The van der Waals surface area contributed by atoms with Gasteiger partial charge in [-0.1, -0.05) is 11.6 Å². The Hall–Kier alpha value is -2.28. The van der Waals surface area contributed by atoms with Crippen LogP contribution in [0.15, 0.2) is 46.9 Å². The first kappa shape index (κ1) is 21.4. The molecule has 3 aromatic rings. The lowest BCUT2D eigenvalue weighted by Crippen LogP contribution is -2.33. The van der Waals surface area contributed by atoms with Crippen molar-refractivity contribution in [2.24, 2.45) is 0 Å². The first-order chi connectivity index (χ1) is 13.8. The molecular weight excluding hydrogens is 426 g/mol. The zero-order valence-corrected chi connectivity index (χ0v) is 18.7. The van der Waals surface area contributed by atoms with E-state index in [2.05, 4.69) is 6.07 Å². The van der Waals surface area contributed by atoms with Crippen molar-refractivity contribution in [3.05, 3.63) is 74.9 Å². The summed E-state index contributed by atoms with van der Waals surface area (Å²) in [5, 5.41) is 0.551. The van der Waals surface area contributed by atoms with E-state index in [1.54, 1.807) is 31.2 Å². The van der Waals surface area contributed by atoms with Gasteiger partial charge in [0.05, 0.1) is 13.0 Å². The van der Waals surface area contributed by atoms with Crippen molar-refractivity contribution < 1.29 is 18.9 Å². The molecule has 0 spiro atoms. The number of hydrogen-bond acceptors (Lipinski definition) is 5. The minimum absolute atomic E-state index is 0.0229. The second-order valence-electron chi connectivity index (χ2n) is 6.66. The number of rotatable bonds is 6. The van der Waals surface area contributed by atoms with Crippen molar-refractivity contribution in [3.8, 4) is 5.69 Å². The van der Waals surface area contributed by atoms with E-state index in [1.165, 1.54) is 11.3 Å². The molecule has 0 radical (unpaired) electrons. The number of hydrogen-bond donors (Lipinski definition) is 0. The van der Waals surface area contributed by atoms with Gasteiger partial charge in [0, 0.05) is 27.3 Å². The second-order valence-corrected chi connectivity index (χ2v) is 8.79. The molecule has 0 bridgehead atoms. The average Bonchev–Trinajstić information content (AvgIpc) is 2.97. The molecule has 0 atom stereocenters. The molecule has 0 aliphatic carbocycles. The van der Waals surface area contributed by atoms with Crippen LogP contribution in [0, 0.1) is 13.8 Å². The van der Waals surface area contributed by atoms with E-state index in [0.29, 0.717) is 30.9 Å². The zero-order valence-electron chi connectivity index (χ0n) is 16.3. The van der Waals surface area contributed by atoms with Crippen LogP contribution in [0.4, 0.5) is 0 Å². The lowest BCUT2D eigenvalue weighted by molar-refractivity contribution is -0.598. The largest absolute Gasteiger partial charge is 0.466 e. The fraction of sp³-hybridized carbons (Fsp3) is 0.227. The summed E-state index contributed by atoms with van der Waals surface area (Å²) in [6.45, 7) is 6.01. The van der Waals surface area contributed by atoms with Gasteiger partial charge in [0.15, 0.2) is 18.2 Å². The predicted octanol–water partition coefficient (Wildman–Crippen LogP) is 4.54. The van der Waals surface area contributed by atoms with Gasteiger partial charge in [0.1, 0.15) is 0 Å². The Labute approximate surface area is 184 Å². The molecule has 0 fully saturated rings. The van der Waals surface area contributed by atoms with Crippen LogP contribution in [0.25, 0.3) is 5.69 Å². The van der Waals surface area contributed by atoms with Crippen LogP contribution in [0.5, 0.6) is 0 Å². The molecule has 2 heterocycles. The number of thiophene rings is 1. The Morgan fingerprint density at radius 3 is 2.34 bits per heavy atom. The smallest absolute Gasteiger partial charge is 0.310 e. The van der Waals surface area contributed by atoms with Crippen LogP contribution in [-0.2, 0) is 28.6 Å². The topological polar surface area (TPSA) is 47.3 Å². The van der Waals surface area contributed by atoms with Crippen LogP contribution in [0.3, 0.4) is 0 Å². The van der Waals surface area contributed by atoms with Crippen molar-refractivity contribution in [1.82, 2.24) is 0 Å². The summed E-state index contributed by atoms with van der Waals surface area (Å²) < 4.78 is 7.60. The monoisotopic (exact) mass is 445 g/mol. The molecule has 0 N–H and O–H groups in total. The number of benzene rings is 1. The highest BCUT2D eigenvalue weighted by Gasteiger charge is 2.25. The number of ether oxygens (including phenoxy) is 1. The number of pyridine rings is 1. The van der Waals surface area contributed by atoms with Crippen molar-refractivity contribution in [1.29, 1.82) is 0 Å². The van der Waals surface area contributed by atoms with E-state index < -0.39 is 5.97 Å². The average molecular weight is 446 g/mol. The SMILES string of the molecule is CCOC(=O)Cc1c(C(=O)c2ccc(Cl)cc2)sc([S-])c1-[n+]1cc(C)cc(C)c1. The van der Waals surface area contributed by atoms with Crippen LogP contribution in [0.2, 0.25) is 5.02 Å². The van der Waals surface area contributed by atoms with Crippen molar-refractivity contribution in [2.45, 2.75) is 31.4 Å². The molecule has 3 rings (SSSR count). The van der Waals surface area contributed by atoms with Gasteiger partial charge in [-0.3, -0.25) is 9.59 Å². The van der Waals surface area contributed by atoms with Gasteiger partial charge < -0.3 is 28.7 Å². The minimum Gasteiger partial charge on any atom is -0.466 e. The number of halogens is 1. The summed E-state index contributed by atoms with van der Waals surface area (Å²) in [6, 6.07) is 8.73. The first-order valence-electron chi connectivity index (χ1n) is 9.08. The van der Waals surface area contributed by atoms with Crippen molar-refractivity contribution >= 4 is 47.3 Å². The zero-order chi connectivity index (χ0) is 21.1. The number of carbonyl (C=O) groups excluding carboxylic acids is 2. The molecule has 0 saturated carbocycles. The number of esters is 1.